The Kier molecular flexibility index (Phi) is 6.07. The average molecular weight is 243 g/mol. The first-order valence-electron chi connectivity index (χ1n) is 5.44. The minimum atomic E-state index is -0.809. The third-order valence-electron chi connectivity index (χ3n) is 2.42. The summed E-state index contributed by atoms with van der Waals surface area (Å²) in [6, 6.07) is 5.58. The molecule has 2 unspecified atom stereocenters. The van der Waals surface area contributed by atoms with Crippen molar-refractivity contribution in [3.05, 3.63) is 35.6 Å². The predicted octanol–water partition coefficient (Wildman–Crippen LogP) is 0.456. The molecule has 0 spiro atoms. The summed E-state index contributed by atoms with van der Waals surface area (Å²) < 4.78 is 17.8. The lowest BCUT2D eigenvalue weighted by molar-refractivity contribution is 0.111. The van der Waals surface area contributed by atoms with Crippen LogP contribution >= 0.6 is 0 Å². The highest BCUT2D eigenvalue weighted by atomic mass is 19.1. The normalized spacial score (nSPS) is 14.6. The molecule has 0 aromatic heterocycles. The van der Waals surface area contributed by atoms with E-state index in [4.69, 9.17) is 9.84 Å². The van der Waals surface area contributed by atoms with Gasteiger partial charge in [-0.3, -0.25) is 0 Å². The summed E-state index contributed by atoms with van der Waals surface area (Å²) in [6.45, 7) is 0.508. The SMILES string of the molecule is COCC(CO)NCC(O)c1cccc(F)c1. The number of hydrogen-bond acceptors (Lipinski definition) is 4. The minimum Gasteiger partial charge on any atom is -0.395 e. The molecular weight excluding hydrogens is 225 g/mol. The van der Waals surface area contributed by atoms with Gasteiger partial charge in [-0.25, -0.2) is 4.39 Å². The van der Waals surface area contributed by atoms with Crippen molar-refractivity contribution >= 4 is 0 Å². The van der Waals surface area contributed by atoms with Crippen molar-refractivity contribution in [3.8, 4) is 0 Å². The molecule has 2 atom stereocenters. The zero-order chi connectivity index (χ0) is 12.7. The molecule has 0 aliphatic carbocycles. The summed E-state index contributed by atoms with van der Waals surface area (Å²) in [4.78, 5) is 0. The Morgan fingerprint density at radius 3 is 2.82 bits per heavy atom. The lowest BCUT2D eigenvalue weighted by atomic mass is 10.1. The maximum absolute atomic E-state index is 12.9. The number of aliphatic hydroxyl groups excluding tert-OH is 2. The molecule has 0 amide bonds. The van der Waals surface area contributed by atoms with Gasteiger partial charge in [0.1, 0.15) is 5.82 Å². The van der Waals surface area contributed by atoms with Gasteiger partial charge >= 0.3 is 0 Å². The van der Waals surface area contributed by atoms with Crippen molar-refractivity contribution in [1.29, 1.82) is 0 Å². The molecule has 96 valence electrons. The molecule has 0 radical (unpaired) electrons. The molecule has 0 bridgehead atoms. The second-order valence-corrected chi connectivity index (χ2v) is 3.81. The number of halogens is 1. The van der Waals surface area contributed by atoms with E-state index in [0.29, 0.717) is 12.2 Å². The molecule has 0 saturated carbocycles. The Hall–Kier alpha value is -1.01. The predicted molar refractivity (Wildman–Crippen MR) is 62.1 cm³/mol. The van der Waals surface area contributed by atoms with Crippen molar-refractivity contribution in [2.45, 2.75) is 12.1 Å². The maximum atomic E-state index is 12.9. The van der Waals surface area contributed by atoms with Gasteiger partial charge < -0.3 is 20.3 Å². The van der Waals surface area contributed by atoms with E-state index in [-0.39, 0.29) is 25.0 Å². The Bertz CT molecular complexity index is 335. The van der Waals surface area contributed by atoms with Gasteiger partial charge in [-0.15, -0.1) is 0 Å². The maximum Gasteiger partial charge on any atom is 0.123 e. The summed E-state index contributed by atoms with van der Waals surface area (Å²) in [5, 5.41) is 21.7. The van der Waals surface area contributed by atoms with Crippen LogP contribution < -0.4 is 5.32 Å². The quantitative estimate of drug-likeness (QED) is 0.651. The summed E-state index contributed by atoms with van der Waals surface area (Å²) >= 11 is 0. The van der Waals surface area contributed by atoms with Gasteiger partial charge in [-0.05, 0) is 17.7 Å². The number of rotatable bonds is 7. The first kappa shape index (κ1) is 14.1. The number of ether oxygens (including phenoxy) is 1. The van der Waals surface area contributed by atoms with Crippen LogP contribution in [-0.2, 0) is 4.74 Å². The molecule has 0 aliphatic heterocycles. The second-order valence-electron chi connectivity index (χ2n) is 3.81. The topological polar surface area (TPSA) is 61.7 Å². The van der Waals surface area contributed by atoms with Crippen molar-refractivity contribution in [2.24, 2.45) is 0 Å². The van der Waals surface area contributed by atoms with Crippen molar-refractivity contribution in [1.82, 2.24) is 5.32 Å². The fourth-order valence-corrected chi connectivity index (χ4v) is 1.49. The highest BCUT2D eigenvalue weighted by molar-refractivity contribution is 5.18. The van der Waals surface area contributed by atoms with E-state index in [2.05, 4.69) is 5.32 Å². The van der Waals surface area contributed by atoms with E-state index < -0.39 is 6.10 Å². The highest BCUT2D eigenvalue weighted by Gasteiger charge is 2.11. The lowest BCUT2D eigenvalue weighted by Gasteiger charge is -2.18. The first-order valence-corrected chi connectivity index (χ1v) is 5.44. The van der Waals surface area contributed by atoms with Gasteiger partial charge in [-0.2, -0.15) is 0 Å². The van der Waals surface area contributed by atoms with E-state index >= 15 is 0 Å². The van der Waals surface area contributed by atoms with Crippen LogP contribution in [0.4, 0.5) is 4.39 Å². The van der Waals surface area contributed by atoms with Gasteiger partial charge in [0.25, 0.3) is 0 Å². The third-order valence-corrected chi connectivity index (χ3v) is 2.42. The van der Waals surface area contributed by atoms with Crippen molar-refractivity contribution in [2.75, 3.05) is 26.9 Å². The molecule has 4 nitrogen and oxygen atoms in total. The van der Waals surface area contributed by atoms with Crippen LogP contribution in [0, 0.1) is 5.82 Å². The Labute approximate surface area is 100 Å². The van der Waals surface area contributed by atoms with E-state index in [0.717, 1.165) is 0 Å². The van der Waals surface area contributed by atoms with Gasteiger partial charge in [-0.1, -0.05) is 12.1 Å². The van der Waals surface area contributed by atoms with Gasteiger partial charge in [0, 0.05) is 13.7 Å². The van der Waals surface area contributed by atoms with Crippen LogP contribution in [0.2, 0.25) is 0 Å². The van der Waals surface area contributed by atoms with Gasteiger partial charge in [0.15, 0.2) is 0 Å². The van der Waals surface area contributed by atoms with Crippen molar-refractivity contribution < 1.29 is 19.3 Å². The summed E-state index contributed by atoms with van der Waals surface area (Å²) in [5.41, 5.74) is 0.506. The molecule has 3 N–H and O–H groups in total. The fraction of sp³-hybridized carbons (Fsp3) is 0.500. The fourth-order valence-electron chi connectivity index (χ4n) is 1.49. The highest BCUT2D eigenvalue weighted by Crippen LogP contribution is 2.13. The van der Waals surface area contributed by atoms with Crippen LogP contribution in [0.5, 0.6) is 0 Å². The number of hydrogen-bond donors (Lipinski definition) is 3. The molecule has 0 heterocycles. The largest absolute Gasteiger partial charge is 0.395 e. The number of benzene rings is 1. The molecule has 17 heavy (non-hydrogen) atoms. The molecule has 1 aromatic carbocycles. The van der Waals surface area contributed by atoms with Crippen LogP contribution in [-0.4, -0.2) is 43.1 Å². The van der Waals surface area contributed by atoms with Crippen LogP contribution in [0.3, 0.4) is 0 Å². The molecule has 0 aliphatic rings. The van der Waals surface area contributed by atoms with E-state index in [1.807, 2.05) is 0 Å². The zero-order valence-electron chi connectivity index (χ0n) is 9.77. The van der Waals surface area contributed by atoms with E-state index in [9.17, 15) is 9.50 Å². The first-order chi connectivity index (χ1) is 8.17. The zero-order valence-corrected chi connectivity index (χ0v) is 9.77. The number of methoxy groups -OCH3 is 1. The second kappa shape index (κ2) is 7.34. The standard InChI is InChI=1S/C12H18FNO3/c1-17-8-11(7-15)14-6-12(16)9-3-2-4-10(13)5-9/h2-5,11-12,14-16H,6-8H2,1H3. The molecular formula is C12H18FNO3. The van der Waals surface area contributed by atoms with Crippen LogP contribution in [0.25, 0.3) is 0 Å². The Morgan fingerprint density at radius 1 is 1.47 bits per heavy atom. The monoisotopic (exact) mass is 243 g/mol. The van der Waals surface area contributed by atoms with E-state index in [1.165, 1.54) is 19.2 Å². The van der Waals surface area contributed by atoms with Crippen molar-refractivity contribution in [3.63, 3.8) is 0 Å². The third kappa shape index (κ3) is 4.79. The molecule has 0 saturated heterocycles. The molecule has 5 heteroatoms. The molecule has 1 rings (SSSR count). The summed E-state index contributed by atoms with van der Waals surface area (Å²) in [5.74, 6) is -0.378. The number of nitrogens with one attached hydrogen (secondary N) is 1. The van der Waals surface area contributed by atoms with Crippen LogP contribution in [0.1, 0.15) is 11.7 Å². The Morgan fingerprint density at radius 2 is 2.24 bits per heavy atom. The van der Waals surface area contributed by atoms with Crippen LogP contribution in [0.15, 0.2) is 24.3 Å². The minimum absolute atomic E-state index is 0.0797. The van der Waals surface area contributed by atoms with E-state index in [1.54, 1.807) is 12.1 Å². The number of aliphatic hydroxyl groups is 2. The van der Waals surface area contributed by atoms with Gasteiger partial charge in [0.05, 0.1) is 25.4 Å². The average Bonchev–Trinajstić information content (AvgIpc) is 2.34. The lowest BCUT2D eigenvalue weighted by Crippen LogP contribution is -2.38. The summed E-state index contributed by atoms with van der Waals surface area (Å²) in [7, 11) is 1.54. The summed E-state index contributed by atoms with van der Waals surface area (Å²) in [6.07, 6.45) is -0.809. The van der Waals surface area contributed by atoms with Gasteiger partial charge in [0.2, 0.25) is 0 Å². The molecule has 1 aromatic rings. The molecule has 0 fully saturated rings. The smallest absolute Gasteiger partial charge is 0.123 e. The Balaban J connectivity index is 2.46.